The first kappa shape index (κ1) is 20.4. The van der Waals surface area contributed by atoms with Crippen molar-refractivity contribution in [1.29, 1.82) is 0 Å². The van der Waals surface area contributed by atoms with Gasteiger partial charge in [0.1, 0.15) is 18.1 Å². The van der Waals surface area contributed by atoms with E-state index in [0.717, 1.165) is 22.4 Å². The molecule has 162 valence electrons. The summed E-state index contributed by atoms with van der Waals surface area (Å²) in [6.45, 7) is 0.973. The molecule has 0 saturated carbocycles. The monoisotopic (exact) mass is 436 g/mol. The Morgan fingerprint density at radius 1 is 0.909 bits per heavy atom. The van der Waals surface area contributed by atoms with Crippen LogP contribution in [-0.4, -0.2) is 26.9 Å². The lowest BCUT2D eigenvalue weighted by Crippen LogP contribution is -2.04. The molecule has 0 amide bonds. The molecular weight excluding hydrogens is 416 g/mol. The normalized spacial score (nSPS) is 14.2. The van der Waals surface area contributed by atoms with Crippen LogP contribution < -0.4 is 4.74 Å². The quantitative estimate of drug-likeness (QED) is 0.320. The summed E-state index contributed by atoms with van der Waals surface area (Å²) in [5, 5.41) is 8.32. The lowest BCUT2D eigenvalue weighted by atomic mass is 10.2. The summed E-state index contributed by atoms with van der Waals surface area (Å²) in [6.07, 6.45) is 3.57. The van der Waals surface area contributed by atoms with E-state index in [1.165, 1.54) is 0 Å². The second kappa shape index (κ2) is 9.32. The number of cyclic esters (lactones) is 1. The van der Waals surface area contributed by atoms with E-state index < -0.39 is 5.97 Å². The minimum absolute atomic E-state index is 0.262. The van der Waals surface area contributed by atoms with Crippen LogP contribution in [0.1, 0.15) is 22.4 Å². The molecule has 2 heterocycles. The van der Waals surface area contributed by atoms with E-state index in [1.807, 2.05) is 91.1 Å². The molecule has 7 nitrogen and oxygen atoms in total. The Bertz CT molecular complexity index is 1310. The lowest BCUT2D eigenvalue weighted by Gasteiger charge is -2.04. The van der Waals surface area contributed by atoms with Crippen molar-refractivity contribution in [3.63, 3.8) is 0 Å². The van der Waals surface area contributed by atoms with Crippen LogP contribution in [0.25, 0.3) is 6.08 Å². The molecule has 0 saturated heterocycles. The molecular formula is C26H20N4O3. The maximum Gasteiger partial charge on any atom is 0.363 e. The van der Waals surface area contributed by atoms with E-state index in [4.69, 9.17) is 9.47 Å². The van der Waals surface area contributed by atoms with Gasteiger partial charge < -0.3 is 9.47 Å². The molecule has 0 N–H and O–H groups in total. The molecule has 1 aromatic heterocycles. The van der Waals surface area contributed by atoms with Crippen LogP contribution in [0.2, 0.25) is 0 Å². The Balaban J connectivity index is 1.20. The molecule has 0 radical (unpaired) electrons. The summed E-state index contributed by atoms with van der Waals surface area (Å²) >= 11 is 0. The minimum Gasteiger partial charge on any atom is -0.487 e. The molecule has 1 aliphatic heterocycles. The molecule has 0 spiro atoms. The van der Waals surface area contributed by atoms with Crippen molar-refractivity contribution in [1.82, 2.24) is 15.0 Å². The van der Waals surface area contributed by atoms with Gasteiger partial charge in [-0.1, -0.05) is 65.9 Å². The van der Waals surface area contributed by atoms with Gasteiger partial charge in [0.25, 0.3) is 0 Å². The molecule has 4 aromatic rings. The summed E-state index contributed by atoms with van der Waals surface area (Å²) < 4.78 is 12.9. The third kappa shape index (κ3) is 5.04. The minimum atomic E-state index is -0.465. The highest BCUT2D eigenvalue weighted by molar-refractivity contribution is 6.12. The van der Waals surface area contributed by atoms with Crippen molar-refractivity contribution in [2.24, 2.45) is 4.99 Å². The standard InChI is InChI=1S/C26H20N4O3/c31-26-24(27-25(33-26)21-9-5-2-6-10-21)15-19-11-13-23(14-12-19)32-18-22-17-30(29-28-22)16-20-7-3-1-4-8-20/h1-15,17H,16,18H2. The van der Waals surface area contributed by atoms with Gasteiger partial charge in [0.2, 0.25) is 5.90 Å². The fourth-order valence-corrected chi connectivity index (χ4v) is 3.34. The van der Waals surface area contributed by atoms with Crippen molar-refractivity contribution in [2.45, 2.75) is 13.2 Å². The third-order valence-corrected chi connectivity index (χ3v) is 4.98. The molecule has 0 fully saturated rings. The van der Waals surface area contributed by atoms with Gasteiger partial charge in [-0.3, -0.25) is 0 Å². The maximum absolute atomic E-state index is 12.2. The maximum atomic E-state index is 12.2. The van der Waals surface area contributed by atoms with Gasteiger partial charge in [0, 0.05) is 5.56 Å². The fraction of sp³-hybridized carbons (Fsp3) is 0.0769. The van der Waals surface area contributed by atoms with Crippen molar-refractivity contribution in [2.75, 3.05) is 0 Å². The summed E-state index contributed by atoms with van der Waals surface area (Å²) in [4.78, 5) is 16.5. The second-order valence-electron chi connectivity index (χ2n) is 7.45. The van der Waals surface area contributed by atoms with E-state index in [2.05, 4.69) is 15.3 Å². The first-order valence-corrected chi connectivity index (χ1v) is 10.5. The van der Waals surface area contributed by atoms with Crippen molar-refractivity contribution < 1.29 is 14.3 Å². The Morgan fingerprint density at radius 3 is 2.39 bits per heavy atom. The summed E-state index contributed by atoms with van der Waals surface area (Å²) in [5.41, 5.74) is 3.75. The van der Waals surface area contributed by atoms with Crippen molar-refractivity contribution >= 4 is 17.9 Å². The number of hydrogen-bond acceptors (Lipinski definition) is 6. The number of aliphatic imine (C=N–C) groups is 1. The average molecular weight is 436 g/mol. The number of nitrogens with zero attached hydrogens (tertiary/aromatic N) is 4. The van der Waals surface area contributed by atoms with Crippen LogP contribution in [0.5, 0.6) is 5.75 Å². The molecule has 0 aliphatic carbocycles. The van der Waals surface area contributed by atoms with Crippen LogP contribution in [-0.2, 0) is 22.7 Å². The van der Waals surface area contributed by atoms with Gasteiger partial charge in [-0.25, -0.2) is 14.5 Å². The van der Waals surface area contributed by atoms with Gasteiger partial charge in [0.15, 0.2) is 5.70 Å². The third-order valence-electron chi connectivity index (χ3n) is 4.98. The van der Waals surface area contributed by atoms with Crippen molar-refractivity contribution in [3.8, 4) is 5.75 Å². The first-order chi connectivity index (χ1) is 16.2. The number of ether oxygens (including phenoxy) is 2. The molecule has 5 rings (SSSR count). The van der Waals surface area contributed by atoms with Crippen LogP contribution in [0, 0.1) is 0 Å². The van der Waals surface area contributed by atoms with E-state index in [0.29, 0.717) is 24.8 Å². The summed E-state index contributed by atoms with van der Waals surface area (Å²) in [6, 6.07) is 26.8. The van der Waals surface area contributed by atoms with Gasteiger partial charge >= 0.3 is 5.97 Å². The predicted octanol–water partition coefficient (Wildman–Crippen LogP) is 4.25. The molecule has 0 unspecified atom stereocenters. The van der Waals surface area contributed by atoms with Gasteiger partial charge in [0.05, 0.1) is 12.7 Å². The number of esters is 1. The van der Waals surface area contributed by atoms with E-state index in [1.54, 1.807) is 10.8 Å². The van der Waals surface area contributed by atoms with Crippen LogP contribution >= 0.6 is 0 Å². The van der Waals surface area contributed by atoms with Crippen LogP contribution in [0.4, 0.5) is 0 Å². The van der Waals surface area contributed by atoms with Gasteiger partial charge in [-0.2, -0.15) is 0 Å². The SMILES string of the molecule is O=C1OC(c2ccccc2)=NC1=Cc1ccc(OCc2cn(Cc3ccccc3)nn2)cc1. The molecule has 1 aliphatic rings. The van der Waals surface area contributed by atoms with Gasteiger partial charge in [-0.15, -0.1) is 5.10 Å². The van der Waals surface area contributed by atoms with E-state index in [9.17, 15) is 4.79 Å². The summed E-state index contributed by atoms with van der Waals surface area (Å²) in [7, 11) is 0. The van der Waals surface area contributed by atoms with E-state index in [-0.39, 0.29) is 5.70 Å². The number of rotatable bonds is 7. The average Bonchev–Trinajstić information content (AvgIpc) is 3.46. The van der Waals surface area contributed by atoms with Gasteiger partial charge in [-0.05, 0) is 41.5 Å². The molecule has 7 heteroatoms. The first-order valence-electron chi connectivity index (χ1n) is 10.5. The zero-order valence-corrected chi connectivity index (χ0v) is 17.7. The van der Waals surface area contributed by atoms with E-state index >= 15 is 0 Å². The zero-order valence-electron chi connectivity index (χ0n) is 17.7. The lowest BCUT2D eigenvalue weighted by molar-refractivity contribution is -0.129. The number of benzene rings is 3. The Labute approximate surface area is 190 Å². The van der Waals surface area contributed by atoms with Crippen molar-refractivity contribution in [3.05, 3.63) is 119 Å². The molecule has 0 bridgehead atoms. The molecule has 0 atom stereocenters. The Kier molecular flexibility index (Phi) is 5.75. The number of carbonyl (C=O) groups excluding carboxylic acids is 1. The topological polar surface area (TPSA) is 78.6 Å². The fourth-order valence-electron chi connectivity index (χ4n) is 3.34. The Morgan fingerprint density at radius 2 is 1.64 bits per heavy atom. The number of aromatic nitrogens is 3. The largest absolute Gasteiger partial charge is 0.487 e. The molecule has 33 heavy (non-hydrogen) atoms. The summed E-state index contributed by atoms with van der Waals surface area (Å²) in [5.74, 6) is 0.539. The zero-order chi connectivity index (χ0) is 22.5. The molecule has 3 aromatic carbocycles. The van der Waals surface area contributed by atoms with Crippen LogP contribution in [0.3, 0.4) is 0 Å². The predicted molar refractivity (Wildman–Crippen MR) is 123 cm³/mol. The second-order valence-corrected chi connectivity index (χ2v) is 7.45. The highest BCUT2D eigenvalue weighted by atomic mass is 16.6. The number of carbonyl (C=O) groups is 1. The Hall–Kier alpha value is -4.52. The number of hydrogen-bond donors (Lipinski definition) is 0. The smallest absolute Gasteiger partial charge is 0.363 e. The van der Waals surface area contributed by atoms with Crippen LogP contribution in [0.15, 0.2) is 102 Å². The highest BCUT2D eigenvalue weighted by Gasteiger charge is 2.23. The highest BCUT2D eigenvalue weighted by Crippen LogP contribution is 2.21.